The number of nitrogens with one attached hydrogen (secondary N) is 1. The molecule has 1 fully saturated rings. The molecule has 0 aliphatic carbocycles. The molecular formula is C26H22ClN3O5. The molecule has 1 aliphatic rings. The Labute approximate surface area is 206 Å². The van der Waals surface area contributed by atoms with Crippen molar-refractivity contribution in [1.82, 2.24) is 9.88 Å². The van der Waals surface area contributed by atoms with Crippen LogP contribution in [0.4, 0.5) is 10.5 Å². The van der Waals surface area contributed by atoms with E-state index >= 15 is 0 Å². The van der Waals surface area contributed by atoms with Crippen molar-refractivity contribution in [2.24, 2.45) is 0 Å². The van der Waals surface area contributed by atoms with Crippen molar-refractivity contribution >= 4 is 47.2 Å². The van der Waals surface area contributed by atoms with Crippen LogP contribution < -0.4 is 10.2 Å². The van der Waals surface area contributed by atoms with Gasteiger partial charge in [-0.1, -0.05) is 29.3 Å². The maximum atomic E-state index is 13.2. The highest BCUT2D eigenvalue weighted by atomic mass is 35.5. The summed E-state index contributed by atoms with van der Waals surface area (Å²) in [5.41, 5.74) is 4.03. The number of benzene rings is 2. The molecule has 1 aliphatic heterocycles. The molecule has 8 nitrogen and oxygen atoms in total. The third-order valence-corrected chi connectivity index (χ3v) is 6.09. The lowest BCUT2D eigenvalue weighted by Crippen LogP contribution is -2.54. The van der Waals surface area contributed by atoms with Crippen LogP contribution in [0.25, 0.3) is 11.8 Å². The lowest BCUT2D eigenvalue weighted by Gasteiger charge is -2.26. The van der Waals surface area contributed by atoms with Gasteiger partial charge in [0.05, 0.1) is 29.1 Å². The third-order valence-electron chi connectivity index (χ3n) is 5.77. The Morgan fingerprint density at radius 2 is 1.69 bits per heavy atom. The van der Waals surface area contributed by atoms with Gasteiger partial charge in [-0.2, -0.15) is 0 Å². The Hall–Kier alpha value is -4.17. The summed E-state index contributed by atoms with van der Waals surface area (Å²) in [6, 6.07) is 12.6. The molecule has 1 aromatic heterocycles. The lowest BCUT2D eigenvalue weighted by atomic mass is 10.1. The second-order valence-electron chi connectivity index (χ2n) is 8.11. The summed E-state index contributed by atoms with van der Waals surface area (Å²) in [6.45, 7) is 5.52. The Kier molecular flexibility index (Phi) is 6.32. The van der Waals surface area contributed by atoms with E-state index in [0.29, 0.717) is 33.2 Å². The molecular weight excluding hydrogens is 470 g/mol. The molecule has 2 aromatic carbocycles. The van der Waals surface area contributed by atoms with Gasteiger partial charge in [-0.15, -0.1) is 0 Å². The maximum absolute atomic E-state index is 13.2. The highest BCUT2D eigenvalue weighted by Gasteiger charge is 2.37. The number of esters is 1. The number of hydrogen-bond acceptors (Lipinski definition) is 5. The van der Waals surface area contributed by atoms with E-state index < -0.39 is 23.8 Å². The average molecular weight is 492 g/mol. The molecule has 0 atom stereocenters. The predicted molar refractivity (Wildman–Crippen MR) is 132 cm³/mol. The second-order valence-corrected chi connectivity index (χ2v) is 8.52. The molecule has 0 bridgehead atoms. The molecule has 0 saturated carbocycles. The SMILES string of the molecule is COC(=O)c1ccc(Cl)c(-n2c(C)cc(/C=C3\C(=O)NC(=O)N(c4ccc(C)cc4)C3=O)c2C)c1. The predicted octanol–water partition coefficient (Wildman–Crippen LogP) is 4.51. The summed E-state index contributed by atoms with van der Waals surface area (Å²) >= 11 is 6.43. The molecule has 9 heteroatoms. The van der Waals surface area contributed by atoms with Crippen molar-refractivity contribution in [1.29, 1.82) is 0 Å². The Morgan fingerprint density at radius 3 is 2.34 bits per heavy atom. The number of imide groups is 2. The van der Waals surface area contributed by atoms with Gasteiger partial charge < -0.3 is 9.30 Å². The van der Waals surface area contributed by atoms with Gasteiger partial charge in [0, 0.05) is 11.4 Å². The van der Waals surface area contributed by atoms with Crippen LogP contribution in [-0.4, -0.2) is 35.5 Å². The Morgan fingerprint density at radius 1 is 1.00 bits per heavy atom. The minimum Gasteiger partial charge on any atom is -0.465 e. The zero-order valence-corrected chi connectivity index (χ0v) is 20.3. The van der Waals surface area contributed by atoms with Gasteiger partial charge in [-0.05, 0) is 68.8 Å². The molecule has 35 heavy (non-hydrogen) atoms. The number of nitrogens with zero attached hydrogens (tertiary/aromatic N) is 2. The summed E-state index contributed by atoms with van der Waals surface area (Å²) < 4.78 is 6.62. The maximum Gasteiger partial charge on any atom is 0.337 e. The van der Waals surface area contributed by atoms with Crippen molar-refractivity contribution in [3.63, 3.8) is 0 Å². The number of carbonyl (C=O) groups excluding carboxylic acids is 4. The number of amides is 4. The number of ether oxygens (including phenoxy) is 1. The minimum absolute atomic E-state index is 0.181. The number of halogens is 1. The molecule has 178 valence electrons. The topological polar surface area (TPSA) is 97.7 Å². The number of anilines is 1. The van der Waals surface area contributed by atoms with Crippen molar-refractivity contribution in [3.05, 3.63) is 87.2 Å². The number of hydrogen-bond donors (Lipinski definition) is 1. The molecule has 3 aromatic rings. The van der Waals surface area contributed by atoms with Crippen LogP contribution in [0.1, 0.15) is 32.9 Å². The molecule has 1 saturated heterocycles. The van der Waals surface area contributed by atoms with Crippen LogP contribution in [0.5, 0.6) is 0 Å². The quantitative estimate of drug-likeness (QED) is 0.329. The zero-order chi connectivity index (χ0) is 25.4. The van der Waals surface area contributed by atoms with Crippen molar-refractivity contribution in [2.45, 2.75) is 20.8 Å². The van der Waals surface area contributed by atoms with Gasteiger partial charge >= 0.3 is 12.0 Å². The summed E-state index contributed by atoms with van der Waals surface area (Å²) in [6.07, 6.45) is 1.45. The van der Waals surface area contributed by atoms with Crippen LogP contribution in [0.15, 0.2) is 54.1 Å². The number of barbiturate groups is 1. The van der Waals surface area contributed by atoms with E-state index in [1.165, 1.54) is 13.2 Å². The second kappa shape index (κ2) is 9.23. The first-order valence-electron chi connectivity index (χ1n) is 10.7. The molecule has 2 heterocycles. The van der Waals surface area contributed by atoms with E-state index in [9.17, 15) is 19.2 Å². The lowest BCUT2D eigenvalue weighted by molar-refractivity contribution is -0.122. The van der Waals surface area contributed by atoms with Gasteiger partial charge in [0.2, 0.25) is 0 Å². The van der Waals surface area contributed by atoms with E-state index in [4.69, 9.17) is 16.3 Å². The fourth-order valence-electron chi connectivity index (χ4n) is 3.97. The van der Waals surface area contributed by atoms with Crippen molar-refractivity contribution in [3.8, 4) is 5.69 Å². The van der Waals surface area contributed by atoms with Crippen LogP contribution >= 0.6 is 11.6 Å². The highest BCUT2D eigenvalue weighted by molar-refractivity contribution is 6.39. The van der Waals surface area contributed by atoms with Gasteiger partial charge in [-0.25, -0.2) is 14.5 Å². The Balaban J connectivity index is 1.78. The smallest absolute Gasteiger partial charge is 0.337 e. The number of aryl methyl sites for hydroxylation is 2. The van der Waals surface area contributed by atoms with E-state index in [2.05, 4.69) is 5.32 Å². The van der Waals surface area contributed by atoms with Crippen molar-refractivity contribution in [2.75, 3.05) is 12.0 Å². The first-order chi connectivity index (χ1) is 16.6. The molecule has 1 N–H and O–H groups in total. The first kappa shape index (κ1) is 24.0. The van der Waals surface area contributed by atoms with Crippen LogP contribution in [0.3, 0.4) is 0 Å². The first-order valence-corrected chi connectivity index (χ1v) is 11.1. The molecule has 0 radical (unpaired) electrons. The molecule has 4 amide bonds. The average Bonchev–Trinajstić information content (AvgIpc) is 3.10. The van der Waals surface area contributed by atoms with Gasteiger partial charge in [0.1, 0.15) is 5.57 Å². The third kappa shape index (κ3) is 4.36. The van der Waals surface area contributed by atoms with E-state index in [1.807, 2.05) is 18.4 Å². The normalized spacial score (nSPS) is 14.9. The summed E-state index contributed by atoms with van der Waals surface area (Å²) in [7, 11) is 1.30. The summed E-state index contributed by atoms with van der Waals surface area (Å²) in [4.78, 5) is 51.2. The molecule has 0 unspecified atom stereocenters. The van der Waals surface area contributed by atoms with Crippen LogP contribution in [0.2, 0.25) is 5.02 Å². The highest BCUT2D eigenvalue weighted by Crippen LogP contribution is 2.30. The van der Waals surface area contributed by atoms with Gasteiger partial charge in [0.15, 0.2) is 0 Å². The standard InChI is InChI=1S/C26H22ClN3O5/c1-14-5-8-19(9-6-14)30-24(32)20(23(31)28-26(30)34)12-18-11-15(2)29(16(18)3)22-13-17(25(33)35-4)7-10-21(22)27/h5-13H,1-4H3,(H,28,31,34)/b20-12+. The van der Waals surface area contributed by atoms with E-state index in [-0.39, 0.29) is 5.57 Å². The van der Waals surface area contributed by atoms with Gasteiger partial charge in [-0.3, -0.25) is 14.9 Å². The molecule has 0 spiro atoms. The summed E-state index contributed by atoms with van der Waals surface area (Å²) in [5, 5.41) is 2.63. The largest absolute Gasteiger partial charge is 0.465 e. The fraction of sp³-hybridized carbons (Fsp3) is 0.154. The zero-order valence-electron chi connectivity index (χ0n) is 19.5. The van der Waals surface area contributed by atoms with Gasteiger partial charge in [0.25, 0.3) is 11.8 Å². The fourth-order valence-corrected chi connectivity index (χ4v) is 4.18. The number of aromatic nitrogens is 1. The number of urea groups is 1. The number of methoxy groups -OCH3 is 1. The van der Waals surface area contributed by atoms with E-state index in [0.717, 1.165) is 16.2 Å². The number of carbonyl (C=O) groups is 4. The number of rotatable bonds is 4. The molecule has 4 rings (SSSR count). The van der Waals surface area contributed by atoms with Crippen LogP contribution in [0, 0.1) is 20.8 Å². The summed E-state index contributed by atoms with van der Waals surface area (Å²) in [5.74, 6) is -2.00. The Bertz CT molecular complexity index is 1420. The minimum atomic E-state index is -0.808. The van der Waals surface area contributed by atoms with E-state index in [1.54, 1.807) is 55.5 Å². The van der Waals surface area contributed by atoms with Crippen LogP contribution in [-0.2, 0) is 14.3 Å². The monoisotopic (exact) mass is 491 g/mol. The van der Waals surface area contributed by atoms with Crippen molar-refractivity contribution < 1.29 is 23.9 Å².